The number of primary sulfonamides is 1. The lowest BCUT2D eigenvalue weighted by atomic mass is 10.2. The zero-order chi connectivity index (χ0) is 9.19. The molecule has 0 unspecified atom stereocenters. The van der Waals surface area contributed by atoms with E-state index in [0.717, 1.165) is 5.56 Å². The van der Waals surface area contributed by atoms with Crippen molar-refractivity contribution in [1.82, 2.24) is 0 Å². The summed E-state index contributed by atoms with van der Waals surface area (Å²) in [6, 6.07) is 6.81. The molecule has 13 heavy (non-hydrogen) atoms. The molecule has 0 heterocycles. The number of halogens is 1. The summed E-state index contributed by atoms with van der Waals surface area (Å²) in [6.07, 6.45) is 0. The van der Waals surface area contributed by atoms with Crippen LogP contribution in [0.3, 0.4) is 0 Å². The van der Waals surface area contributed by atoms with E-state index in [2.05, 4.69) is 0 Å². The summed E-state index contributed by atoms with van der Waals surface area (Å²) in [5.74, 6) is 0. The summed E-state index contributed by atoms with van der Waals surface area (Å²) in [7, 11) is -1.62. The number of rotatable bonds is 2. The highest BCUT2D eigenvalue weighted by Crippen LogP contribution is 2.06. The highest BCUT2D eigenvalue weighted by Gasteiger charge is 2.13. The molecule has 0 aliphatic carbocycles. The molecule has 5 heteroatoms. The molecule has 0 aromatic heterocycles. The van der Waals surface area contributed by atoms with Gasteiger partial charge in [0, 0.05) is 0 Å². The van der Waals surface area contributed by atoms with Gasteiger partial charge in [0.1, 0.15) is 4.90 Å². The summed E-state index contributed by atoms with van der Waals surface area (Å²) in [5.41, 5.74) is 1.06. The summed E-state index contributed by atoms with van der Waals surface area (Å²) in [4.78, 5) is 0.357. The predicted molar refractivity (Wildman–Crippen MR) is 46.2 cm³/mol. The molecule has 3 nitrogen and oxygen atoms in total. The van der Waals surface area contributed by atoms with Crippen LogP contribution in [0.1, 0.15) is 5.56 Å². The molecule has 0 atom stereocenters. The Labute approximate surface area is 84.6 Å². The van der Waals surface area contributed by atoms with E-state index in [1.165, 1.54) is 11.8 Å². The third kappa shape index (κ3) is 2.99. The van der Waals surface area contributed by atoms with Crippen LogP contribution in [0.2, 0.25) is 0 Å². The number of aryl methyl sites for hydroxylation is 1. The molecule has 0 saturated heterocycles. The molecule has 0 amide bonds. The first-order chi connectivity index (χ1) is 5.56. The smallest absolute Gasteiger partial charge is 0.323 e. The third-order valence-corrected chi connectivity index (χ3v) is 3.21. The number of hydrogen-bond donors (Lipinski definition) is 1. The SMILES string of the molecule is C[NH2+]S(=O)(=O)c1ccc(C)cc1.[Cl-]. The van der Waals surface area contributed by atoms with Crippen LogP contribution in [-0.4, -0.2) is 15.5 Å². The molecule has 1 rings (SSSR count). The Bertz CT molecular complexity index is 358. The molecule has 0 aliphatic rings. The molecule has 0 saturated carbocycles. The van der Waals surface area contributed by atoms with Gasteiger partial charge in [0.05, 0.1) is 7.05 Å². The average molecular weight is 222 g/mol. The molecule has 0 spiro atoms. The summed E-state index contributed by atoms with van der Waals surface area (Å²) in [5, 5.41) is 0. The number of quaternary nitrogens is 1. The zero-order valence-electron chi connectivity index (χ0n) is 7.49. The van der Waals surface area contributed by atoms with Crippen molar-refractivity contribution in [1.29, 1.82) is 0 Å². The topological polar surface area (TPSA) is 50.8 Å². The highest BCUT2D eigenvalue weighted by atomic mass is 35.5. The molecule has 0 fully saturated rings. The minimum Gasteiger partial charge on any atom is -1.00 e. The summed E-state index contributed by atoms with van der Waals surface area (Å²) >= 11 is 0. The van der Waals surface area contributed by atoms with E-state index in [9.17, 15) is 8.42 Å². The lowest BCUT2D eigenvalue weighted by Crippen LogP contribution is -3.00. The van der Waals surface area contributed by atoms with Crippen LogP contribution >= 0.6 is 0 Å². The van der Waals surface area contributed by atoms with E-state index in [4.69, 9.17) is 0 Å². The second-order valence-electron chi connectivity index (χ2n) is 2.59. The molecule has 0 radical (unpaired) electrons. The second-order valence-corrected chi connectivity index (χ2v) is 4.63. The van der Waals surface area contributed by atoms with E-state index in [1.807, 2.05) is 6.92 Å². The first-order valence-corrected chi connectivity index (χ1v) is 5.22. The van der Waals surface area contributed by atoms with Crippen molar-refractivity contribution in [3.8, 4) is 0 Å². The van der Waals surface area contributed by atoms with E-state index in [0.29, 0.717) is 4.90 Å². The van der Waals surface area contributed by atoms with Crippen LogP contribution in [0, 0.1) is 6.92 Å². The average Bonchev–Trinajstić information content (AvgIpc) is 2.05. The molecular formula is C8H12ClNO2S. The lowest BCUT2D eigenvalue weighted by Gasteiger charge is -1.98. The Kier molecular flexibility index (Phi) is 4.39. The van der Waals surface area contributed by atoms with Crippen molar-refractivity contribution in [3.63, 3.8) is 0 Å². The Morgan fingerprint density at radius 1 is 1.15 bits per heavy atom. The maximum Gasteiger partial charge on any atom is 0.323 e. The number of hydrogen-bond acceptors (Lipinski definition) is 2. The Morgan fingerprint density at radius 2 is 1.62 bits per heavy atom. The lowest BCUT2D eigenvalue weighted by molar-refractivity contribution is -0.461. The zero-order valence-corrected chi connectivity index (χ0v) is 9.06. The maximum absolute atomic E-state index is 11.3. The molecular weight excluding hydrogens is 210 g/mol. The number of nitrogens with two attached hydrogens (primary N) is 1. The second kappa shape index (κ2) is 4.60. The molecule has 1 aromatic rings. The molecule has 2 N–H and O–H groups in total. The van der Waals surface area contributed by atoms with Crippen molar-refractivity contribution in [2.45, 2.75) is 11.8 Å². The van der Waals surface area contributed by atoms with Crippen LogP contribution in [0.5, 0.6) is 0 Å². The van der Waals surface area contributed by atoms with Gasteiger partial charge in [-0.2, -0.15) is 8.42 Å². The monoisotopic (exact) mass is 221 g/mol. The minimum absolute atomic E-state index is 0. The fraction of sp³-hybridized carbons (Fsp3) is 0.250. The van der Waals surface area contributed by atoms with E-state index in [-0.39, 0.29) is 12.4 Å². The third-order valence-electron chi connectivity index (χ3n) is 1.66. The largest absolute Gasteiger partial charge is 1.00 e. The summed E-state index contributed by atoms with van der Waals surface area (Å²) in [6.45, 7) is 1.92. The van der Waals surface area contributed by atoms with Gasteiger partial charge in [0.15, 0.2) is 0 Å². The van der Waals surface area contributed by atoms with Gasteiger partial charge in [-0.05, 0) is 19.1 Å². The van der Waals surface area contributed by atoms with Gasteiger partial charge < -0.3 is 12.4 Å². The minimum atomic E-state index is -3.14. The number of benzene rings is 1. The number of sulfonamides is 1. The Morgan fingerprint density at radius 3 is 2.00 bits per heavy atom. The van der Waals surface area contributed by atoms with Crippen molar-refractivity contribution in [2.75, 3.05) is 7.05 Å². The van der Waals surface area contributed by atoms with Crippen molar-refractivity contribution in [3.05, 3.63) is 29.8 Å². The van der Waals surface area contributed by atoms with Crippen molar-refractivity contribution >= 4 is 10.0 Å². The standard InChI is InChI=1S/C8H11NO2S.ClH/c1-7-3-5-8(6-4-7)12(10,11)9-2;/h3-6,9H,1-2H3;1H. The highest BCUT2D eigenvalue weighted by molar-refractivity contribution is 7.84. The van der Waals surface area contributed by atoms with Gasteiger partial charge in [-0.25, -0.2) is 4.72 Å². The Hall–Kier alpha value is -0.580. The van der Waals surface area contributed by atoms with Gasteiger partial charge >= 0.3 is 10.0 Å². The van der Waals surface area contributed by atoms with Crippen molar-refractivity contribution < 1.29 is 25.5 Å². The molecule has 0 aliphatic heterocycles. The summed E-state index contributed by atoms with van der Waals surface area (Å²) < 4.78 is 23.7. The van der Waals surface area contributed by atoms with Gasteiger partial charge in [-0.15, -0.1) is 0 Å². The Balaban J connectivity index is 0.00000144. The van der Waals surface area contributed by atoms with Crippen LogP contribution in [0.4, 0.5) is 0 Å². The molecule has 0 bridgehead atoms. The fourth-order valence-corrected chi connectivity index (χ4v) is 1.65. The van der Waals surface area contributed by atoms with Gasteiger partial charge in [0.2, 0.25) is 0 Å². The fourth-order valence-electron chi connectivity index (χ4n) is 0.864. The van der Waals surface area contributed by atoms with Gasteiger partial charge in [-0.3, -0.25) is 0 Å². The van der Waals surface area contributed by atoms with E-state index >= 15 is 0 Å². The predicted octanol–water partition coefficient (Wildman–Crippen LogP) is -3.12. The van der Waals surface area contributed by atoms with E-state index < -0.39 is 10.0 Å². The maximum atomic E-state index is 11.3. The van der Waals surface area contributed by atoms with Crippen LogP contribution in [0.15, 0.2) is 29.2 Å². The first kappa shape index (κ1) is 12.4. The molecule has 1 aromatic carbocycles. The van der Waals surface area contributed by atoms with E-state index in [1.54, 1.807) is 24.3 Å². The van der Waals surface area contributed by atoms with Crippen LogP contribution in [-0.2, 0) is 10.0 Å². The van der Waals surface area contributed by atoms with Gasteiger partial charge in [0.25, 0.3) is 0 Å². The molecule has 74 valence electrons. The normalized spacial score (nSPS) is 10.6. The van der Waals surface area contributed by atoms with Gasteiger partial charge in [-0.1, -0.05) is 17.7 Å². The van der Waals surface area contributed by atoms with Crippen LogP contribution < -0.4 is 17.1 Å². The van der Waals surface area contributed by atoms with Crippen molar-refractivity contribution in [2.24, 2.45) is 0 Å². The van der Waals surface area contributed by atoms with Crippen LogP contribution in [0.25, 0.3) is 0 Å². The quantitative estimate of drug-likeness (QED) is 0.575. The first-order valence-electron chi connectivity index (χ1n) is 3.67.